The average molecular weight is 442 g/mol. The molecule has 10 nitrogen and oxygen atoms in total. The molecule has 6 N–H and O–H groups in total. The molecule has 0 fully saturated rings. The number of rotatable bonds is 6. The van der Waals surface area contributed by atoms with Gasteiger partial charge in [-0.1, -0.05) is 6.07 Å². The third kappa shape index (κ3) is 4.80. The molecule has 168 valence electrons. The molecule has 32 heavy (non-hydrogen) atoms. The first-order chi connectivity index (χ1) is 15.2. The second kappa shape index (κ2) is 9.38. The second-order valence-electron chi connectivity index (χ2n) is 7.31. The third-order valence-electron chi connectivity index (χ3n) is 5.11. The number of aryl methyl sites for hydroxylation is 1. The van der Waals surface area contributed by atoms with Gasteiger partial charge in [0.2, 0.25) is 0 Å². The van der Waals surface area contributed by atoms with Crippen molar-refractivity contribution < 1.29 is 38.9 Å². The highest BCUT2D eigenvalue weighted by molar-refractivity contribution is 5.99. The first-order valence-corrected chi connectivity index (χ1v) is 9.83. The van der Waals surface area contributed by atoms with Crippen molar-refractivity contribution in [1.29, 1.82) is 0 Å². The number of nitrogens with two attached hydrogens (primary N) is 2. The Morgan fingerprint density at radius 1 is 1.09 bits per heavy atom. The molecule has 0 bridgehead atoms. The first-order valence-electron chi connectivity index (χ1n) is 9.83. The monoisotopic (exact) mass is 442 g/mol. The van der Waals surface area contributed by atoms with Gasteiger partial charge < -0.3 is 31.2 Å². The number of fused-ring (bicyclic) bond motifs is 2. The van der Waals surface area contributed by atoms with E-state index < -0.39 is 36.2 Å². The zero-order valence-corrected chi connectivity index (χ0v) is 17.0. The van der Waals surface area contributed by atoms with Gasteiger partial charge in [-0.3, -0.25) is 14.4 Å². The number of amides is 1. The largest absolute Gasteiger partial charge is 0.489 e. The molecule has 1 atom stereocenters. The quantitative estimate of drug-likeness (QED) is 0.295. The number of primary amides is 1. The molecule has 1 aliphatic heterocycles. The van der Waals surface area contributed by atoms with Gasteiger partial charge in [0.05, 0.1) is 23.7 Å². The van der Waals surface area contributed by atoms with Gasteiger partial charge in [0.1, 0.15) is 0 Å². The summed E-state index contributed by atoms with van der Waals surface area (Å²) in [6, 6.07) is 7.25. The predicted octanol–water partition coefficient (Wildman–Crippen LogP) is 1.94. The Balaban J connectivity index is 2.17. The zero-order valence-electron chi connectivity index (χ0n) is 17.0. The smallest absolute Gasteiger partial charge is 0.343 e. The number of aliphatic carboxylic acids is 2. The Morgan fingerprint density at radius 3 is 2.50 bits per heavy atom. The molecule has 1 amide bonds. The Morgan fingerprint density at radius 2 is 1.84 bits per heavy atom. The van der Waals surface area contributed by atoms with Crippen molar-refractivity contribution in [2.24, 2.45) is 5.73 Å². The van der Waals surface area contributed by atoms with E-state index in [1.54, 1.807) is 6.07 Å². The Labute approximate surface area is 182 Å². The maximum absolute atomic E-state index is 13.0. The summed E-state index contributed by atoms with van der Waals surface area (Å²) in [4.78, 5) is 47.9. The fraction of sp³-hybridized carbons (Fsp3) is 0.273. The molecule has 3 rings (SSSR count). The number of carboxylic acid groups (broad SMARTS) is 2. The van der Waals surface area contributed by atoms with Crippen molar-refractivity contribution in [3.8, 4) is 11.5 Å². The van der Waals surface area contributed by atoms with E-state index in [4.69, 9.17) is 26.0 Å². The summed E-state index contributed by atoms with van der Waals surface area (Å²) in [6.07, 6.45) is 0.220. The van der Waals surface area contributed by atoms with Crippen LogP contribution in [-0.2, 0) is 16.0 Å². The number of carbonyl (C=O) groups excluding carboxylic acids is 2. The summed E-state index contributed by atoms with van der Waals surface area (Å²) in [5.74, 6) is -5.89. The lowest BCUT2D eigenvalue weighted by atomic mass is 9.91. The van der Waals surface area contributed by atoms with Crippen LogP contribution in [0.3, 0.4) is 0 Å². The Hall–Kier alpha value is -4.08. The molecular weight excluding hydrogens is 420 g/mol. The lowest BCUT2D eigenvalue weighted by molar-refractivity contribution is -0.140. The van der Waals surface area contributed by atoms with Gasteiger partial charge in [-0.25, -0.2) is 4.79 Å². The van der Waals surface area contributed by atoms with Crippen LogP contribution in [0, 0.1) is 0 Å². The van der Waals surface area contributed by atoms with Crippen LogP contribution >= 0.6 is 0 Å². The number of hydrogen-bond donors (Lipinski definition) is 4. The van der Waals surface area contributed by atoms with E-state index in [9.17, 15) is 24.3 Å². The highest BCUT2D eigenvalue weighted by Gasteiger charge is 2.31. The van der Waals surface area contributed by atoms with Gasteiger partial charge in [-0.2, -0.15) is 0 Å². The SMILES string of the molecule is NC(=O)c1ccc([C@H](CCC(=O)O)C(=O)O)c2c1OCCCc1cc(N)ccc1C(=O)O2. The molecule has 0 radical (unpaired) electrons. The highest BCUT2D eigenvalue weighted by Crippen LogP contribution is 2.41. The number of carbonyl (C=O) groups is 4. The van der Waals surface area contributed by atoms with Crippen molar-refractivity contribution in [2.75, 3.05) is 12.3 Å². The van der Waals surface area contributed by atoms with E-state index >= 15 is 0 Å². The number of anilines is 1. The zero-order chi connectivity index (χ0) is 23.4. The topological polar surface area (TPSA) is 179 Å². The summed E-state index contributed by atoms with van der Waals surface area (Å²) in [5, 5.41) is 18.7. The van der Waals surface area contributed by atoms with E-state index in [0.717, 1.165) is 0 Å². The van der Waals surface area contributed by atoms with E-state index in [2.05, 4.69) is 0 Å². The highest BCUT2D eigenvalue weighted by atomic mass is 16.6. The molecule has 0 spiro atoms. The number of esters is 1. The van der Waals surface area contributed by atoms with Crippen molar-refractivity contribution in [2.45, 2.75) is 31.6 Å². The van der Waals surface area contributed by atoms with Crippen LogP contribution in [0.5, 0.6) is 11.5 Å². The summed E-state index contributed by atoms with van der Waals surface area (Å²) < 4.78 is 11.3. The number of carboxylic acids is 2. The Kier molecular flexibility index (Phi) is 6.62. The fourth-order valence-corrected chi connectivity index (χ4v) is 3.58. The van der Waals surface area contributed by atoms with E-state index in [-0.39, 0.29) is 41.2 Å². The first kappa shape index (κ1) is 22.6. The van der Waals surface area contributed by atoms with Crippen LogP contribution in [0.25, 0.3) is 0 Å². The van der Waals surface area contributed by atoms with Gasteiger partial charge in [0.25, 0.3) is 5.91 Å². The molecular formula is C22H22N2O8. The minimum absolute atomic E-state index is 0.00432. The van der Waals surface area contributed by atoms with Crippen molar-refractivity contribution >= 4 is 29.5 Å². The van der Waals surface area contributed by atoms with Gasteiger partial charge in [0, 0.05) is 17.7 Å². The van der Waals surface area contributed by atoms with Crippen LogP contribution < -0.4 is 20.9 Å². The van der Waals surface area contributed by atoms with Gasteiger partial charge in [0.15, 0.2) is 11.5 Å². The molecule has 10 heteroatoms. The summed E-state index contributed by atoms with van der Waals surface area (Å²) in [7, 11) is 0. The van der Waals surface area contributed by atoms with Crippen LogP contribution in [0.4, 0.5) is 5.69 Å². The van der Waals surface area contributed by atoms with Crippen molar-refractivity contribution in [3.63, 3.8) is 0 Å². The van der Waals surface area contributed by atoms with Crippen molar-refractivity contribution in [1.82, 2.24) is 0 Å². The molecule has 1 aliphatic rings. The maximum atomic E-state index is 13.0. The number of nitrogen functional groups attached to an aromatic ring is 1. The van der Waals surface area contributed by atoms with Crippen molar-refractivity contribution in [3.05, 3.63) is 52.6 Å². The number of hydrogen-bond acceptors (Lipinski definition) is 7. The second-order valence-corrected chi connectivity index (χ2v) is 7.31. The lowest BCUT2D eigenvalue weighted by Crippen LogP contribution is -2.22. The normalized spacial score (nSPS) is 14.2. The lowest BCUT2D eigenvalue weighted by Gasteiger charge is -2.22. The summed E-state index contributed by atoms with van der Waals surface area (Å²) in [5.41, 5.74) is 12.5. The minimum atomic E-state index is -1.33. The number of benzene rings is 2. The third-order valence-corrected chi connectivity index (χ3v) is 5.11. The van der Waals surface area contributed by atoms with E-state index in [0.29, 0.717) is 24.1 Å². The average Bonchev–Trinajstić information content (AvgIpc) is 2.71. The minimum Gasteiger partial charge on any atom is -0.489 e. The molecule has 2 aromatic carbocycles. The molecule has 0 unspecified atom stereocenters. The van der Waals surface area contributed by atoms with Crippen LogP contribution in [0.15, 0.2) is 30.3 Å². The predicted molar refractivity (Wildman–Crippen MR) is 112 cm³/mol. The molecule has 2 aromatic rings. The fourth-order valence-electron chi connectivity index (χ4n) is 3.58. The molecule has 1 heterocycles. The Bertz CT molecular complexity index is 1100. The molecule has 0 saturated carbocycles. The van der Waals surface area contributed by atoms with Gasteiger partial charge in [-0.05, 0) is 49.1 Å². The van der Waals surface area contributed by atoms with Crippen LogP contribution in [0.2, 0.25) is 0 Å². The molecule has 0 aromatic heterocycles. The molecule has 0 aliphatic carbocycles. The van der Waals surface area contributed by atoms with E-state index in [1.807, 2.05) is 0 Å². The van der Waals surface area contributed by atoms with E-state index in [1.165, 1.54) is 24.3 Å². The van der Waals surface area contributed by atoms with Gasteiger partial charge in [-0.15, -0.1) is 0 Å². The van der Waals surface area contributed by atoms with Crippen LogP contribution in [-0.4, -0.2) is 40.6 Å². The summed E-state index contributed by atoms with van der Waals surface area (Å²) >= 11 is 0. The molecule has 0 saturated heterocycles. The number of ether oxygens (including phenoxy) is 2. The summed E-state index contributed by atoms with van der Waals surface area (Å²) in [6.45, 7) is 0.120. The van der Waals surface area contributed by atoms with Crippen LogP contribution in [0.1, 0.15) is 57.0 Å². The van der Waals surface area contributed by atoms with Gasteiger partial charge >= 0.3 is 17.9 Å². The standard InChI is InChI=1S/C22H22N2O8/c23-12-3-4-13-11(10-12)2-1-9-31-18-16(20(24)27)6-5-14(19(18)32-22(13)30)15(21(28)29)7-8-17(25)26/h3-6,10,15H,1-2,7-9,23H2,(H2,24,27)(H,25,26)(H,28,29)/t15-/m0/s1. The maximum Gasteiger partial charge on any atom is 0.343 e.